The number of aromatic nitrogens is 2. The Kier molecular flexibility index (Phi) is 10.8. The molecule has 0 spiro atoms. The maximum absolute atomic E-state index is 6.38. The van der Waals surface area contributed by atoms with Gasteiger partial charge in [-0.1, -0.05) is 185 Å². The van der Waals surface area contributed by atoms with E-state index in [4.69, 9.17) is 4.42 Å². The van der Waals surface area contributed by atoms with Gasteiger partial charge in [-0.25, -0.2) is 0 Å². The Morgan fingerprint density at radius 2 is 0.625 bits per heavy atom. The Morgan fingerprint density at radius 3 is 1.15 bits per heavy atom. The van der Waals surface area contributed by atoms with Crippen LogP contribution in [0.2, 0.25) is 0 Å². The molecule has 0 amide bonds. The molecule has 0 saturated carbocycles. The van der Waals surface area contributed by atoms with E-state index in [-0.39, 0.29) is 10.8 Å². The molecule has 4 heteroatoms. The lowest BCUT2D eigenvalue weighted by molar-refractivity contribution is 0.660. The van der Waals surface area contributed by atoms with Crippen molar-refractivity contribution in [2.45, 2.75) is 38.5 Å². The van der Waals surface area contributed by atoms with Gasteiger partial charge in [-0.3, -0.25) is 0 Å². The van der Waals surface area contributed by atoms with Gasteiger partial charge in [0, 0.05) is 71.6 Å². The van der Waals surface area contributed by atoms with Crippen LogP contribution in [0.1, 0.15) is 49.9 Å². The predicted octanol–water partition coefficient (Wildman–Crippen LogP) is 22.9. The lowest BCUT2D eigenvalue weighted by Gasteiger charge is -2.30. The third-order valence-electron chi connectivity index (χ3n) is 19.7. The van der Waals surface area contributed by atoms with E-state index in [1.807, 2.05) is 12.1 Å². The Bertz CT molecular complexity index is 5290. The van der Waals surface area contributed by atoms with Crippen LogP contribution in [0, 0.1) is 0 Å². The molecule has 416 valence electrons. The van der Waals surface area contributed by atoms with Crippen molar-refractivity contribution >= 4 is 82.6 Å². The molecule has 0 unspecified atom stereocenters. The minimum absolute atomic E-state index is 0.280. The molecule has 16 aromatic rings. The van der Waals surface area contributed by atoms with Crippen molar-refractivity contribution in [3.05, 3.63) is 307 Å². The molecule has 0 atom stereocenters. The van der Waals surface area contributed by atoms with E-state index >= 15 is 0 Å². The highest BCUT2D eigenvalue weighted by molar-refractivity contribution is 6.12. The average molecular weight is 1130 g/mol. The quantitative estimate of drug-likeness (QED) is 0.152. The summed E-state index contributed by atoms with van der Waals surface area (Å²) in [5.74, 6) is 0. The third kappa shape index (κ3) is 7.45. The number of fused-ring (bicyclic) bond motifs is 15. The Hall–Kier alpha value is -10.9. The van der Waals surface area contributed by atoms with E-state index in [9.17, 15) is 0 Å². The standard InChI is InChI=1S/C84H59N3O/c1-83(2)73-47-55(53-32-43-79-71(45-53)67-21-11-14-24-77(67)86(79)58-17-7-5-8-18-58)29-38-63(73)65-41-36-61(50-75(65)83)85(60-34-27-52(28-35-60)57-31-40-70-69-23-13-16-26-81(69)88-82(70)49-57)62-37-42-66-64-39-30-56(48-74(64)84(3,4)76(66)51-62)54-33-44-80-72(46-54)68-22-12-15-25-78(68)87(80)59-19-9-6-10-20-59/h5-51H,1-4H3. The molecule has 2 aliphatic rings. The number of rotatable bonds is 8. The van der Waals surface area contributed by atoms with Crippen LogP contribution in [0.15, 0.2) is 290 Å². The second-order valence-corrected chi connectivity index (χ2v) is 25.3. The van der Waals surface area contributed by atoms with Gasteiger partial charge < -0.3 is 18.5 Å². The van der Waals surface area contributed by atoms with Crippen molar-refractivity contribution < 1.29 is 4.42 Å². The summed E-state index contributed by atoms with van der Waals surface area (Å²) in [5, 5.41) is 7.30. The van der Waals surface area contributed by atoms with E-state index < -0.39 is 0 Å². The minimum Gasteiger partial charge on any atom is -0.456 e. The number of hydrogen-bond donors (Lipinski definition) is 0. The molecule has 2 aliphatic carbocycles. The van der Waals surface area contributed by atoms with E-state index in [1.165, 1.54) is 122 Å². The van der Waals surface area contributed by atoms with Gasteiger partial charge in [-0.15, -0.1) is 0 Å². The molecule has 0 saturated heterocycles. The SMILES string of the molecule is CC1(C)c2cc(-c3ccc4c(c3)c3ccccc3n4-c3ccccc3)ccc2-c2ccc(N(c3ccc(-c4ccc5c(c4)oc4ccccc45)cc3)c3ccc4c(c3)C(C)(C)c3cc(-c5ccc6c(c5)c5ccccc5n6-c5ccccc5)ccc3-4)cc21. The zero-order valence-electron chi connectivity index (χ0n) is 49.4. The molecule has 18 rings (SSSR count). The average Bonchev–Trinajstić information content (AvgIpc) is 1.70. The van der Waals surface area contributed by atoms with Gasteiger partial charge in [0.1, 0.15) is 11.2 Å². The first-order valence-electron chi connectivity index (χ1n) is 30.7. The van der Waals surface area contributed by atoms with E-state index in [1.54, 1.807) is 0 Å². The molecule has 0 aliphatic heterocycles. The summed E-state index contributed by atoms with van der Waals surface area (Å²) >= 11 is 0. The van der Waals surface area contributed by atoms with Gasteiger partial charge in [-0.2, -0.15) is 0 Å². The molecule has 0 N–H and O–H groups in total. The van der Waals surface area contributed by atoms with Crippen LogP contribution in [0.3, 0.4) is 0 Å². The number of benzene rings is 13. The zero-order valence-corrected chi connectivity index (χ0v) is 49.4. The van der Waals surface area contributed by atoms with Crippen molar-refractivity contribution in [1.29, 1.82) is 0 Å². The summed E-state index contributed by atoms with van der Waals surface area (Å²) in [4.78, 5) is 2.48. The van der Waals surface area contributed by atoms with Crippen LogP contribution in [0.4, 0.5) is 17.1 Å². The maximum atomic E-state index is 6.38. The fraction of sp³-hybridized carbons (Fsp3) is 0.0714. The minimum atomic E-state index is -0.280. The summed E-state index contributed by atoms with van der Waals surface area (Å²) in [6.45, 7) is 9.63. The van der Waals surface area contributed by atoms with Crippen molar-refractivity contribution in [3.63, 3.8) is 0 Å². The van der Waals surface area contributed by atoms with Crippen LogP contribution in [0.25, 0.3) is 133 Å². The second-order valence-electron chi connectivity index (χ2n) is 25.3. The second kappa shape index (κ2) is 18.8. The largest absolute Gasteiger partial charge is 0.456 e. The van der Waals surface area contributed by atoms with Gasteiger partial charge in [0.15, 0.2) is 0 Å². The topological polar surface area (TPSA) is 26.2 Å². The molecular formula is C84H59N3O. The van der Waals surface area contributed by atoms with Gasteiger partial charge in [0.2, 0.25) is 0 Å². The van der Waals surface area contributed by atoms with E-state index in [2.05, 4.69) is 315 Å². The molecule has 3 aromatic heterocycles. The molecule has 0 fully saturated rings. The van der Waals surface area contributed by atoms with Crippen LogP contribution >= 0.6 is 0 Å². The van der Waals surface area contributed by atoms with Crippen molar-refractivity contribution in [2.24, 2.45) is 0 Å². The first-order chi connectivity index (χ1) is 43.1. The molecule has 3 heterocycles. The first kappa shape index (κ1) is 50.4. The summed E-state index contributed by atoms with van der Waals surface area (Å²) < 4.78 is 11.2. The number of furan rings is 1. The van der Waals surface area contributed by atoms with Gasteiger partial charge in [-0.05, 0) is 205 Å². The zero-order chi connectivity index (χ0) is 58.6. The van der Waals surface area contributed by atoms with Crippen LogP contribution in [-0.2, 0) is 10.8 Å². The van der Waals surface area contributed by atoms with Gasteiger partial charge in [0.05, 0.1) is 22.1 Å². The fourth-order valence-corrected chi connectivity index (χ4v) is 15.3. The third-order valence-corrected chi connectivity index (χ3v) is 19.7. The predicted molar refractivity (Wildman–Crippen MR) is 369 cm³/mol. The summed E-state index contributed by atoms with van der Waals surface area (Å²) in [5.41, 5.74) is 29.4. The summed E-state index contributed by atoms with van der Waals surface area (Å²) in [6, 6.07) is 106. The lowest BCUT2D eigenvalue weighted by Crippen LogP contribution is -2.18. The van der Waals surface area contributed by atoms with Crippen LogP contribution in [-0.4, -0.2) is 9.13 Å². The molecule has 4 nitrogen and oxygen atoms in total. The Labute approximate surface area is 511 Å². The molecular weight excluding hydrogens is 1070 g/mol. The van der Waals surface area contributed by atoms with Crippen LogP contribution < -0.4 is 4.90 Å². The highest BCUT2D eigenvalue weighted by Crippen LogP contribution is 2.55. The molecule has 0 bridgehead atoms. The van der Waals surface area contributed by atoms with E-state index in [0.717, 1.165) is 50.1 Å². The summed E-state index contributed by atoms with van der Waals surface area (Å²) in [7, 11) is 0. The van der Waals surface area contributed by atoms with Gasteiger partial charge in [0.25, 0.3) is 0 Å². The van der Waals surface area contributed by atoms with Crippen molar-refractivity contribution in [1.82, 2.24) is 9.13 Å². The van der Waals surface area contributed by atoms with Crippen LogP contribution in [0.5, 0.6) is 0 Å². The number of nitrogens with zero attached hydrogens (tertiary/aromatic N) is 3. The monoisotopic (exact) mass is 1130 g/mol. The lowest BCUT2D eigenvalue weighted by atomic mass is 9.81. The maximum Gasteiger partial charge on any atom is 0.136 e. The fourth-order valence-electron chi connectivity index (χ4n) is 15.3. The van der Waals surface area contributed by atoms with Crippen molar-refractivity contribution in [3.8, 4) is 67.0 Å². The molecule has 0 radical (unpaired) electrons. The highest BCUT2D eigenvalue weighted by Gasteiger charge is 2.39. The number of hydrogen-bond acceptors (Lipinski definition) is 2. The van der Waals surface area contributed by atoms with Crippen molar-refractivity contribution in [2.75, 3.05) is 4.90 Å². The van der Waals surface area contributed by atoms with Gasteiger partial charge >= 0.3 is 0 Å². The smallest absolute Gasteiger partial charge is 0.136 e. The Balaban J connectivity index is 0.725. The normalized spacial score (nSPS) is 13.6. The first-order valence-corrected chi connectivity index (χ1v) is 30.7. The number of para-hydroxylation sites is 5. The Morgan fingerprint density at radius 1 is 0.261 bits per heavy atom. The summed E-state index contributed by atoms with van der Waals surface area (Å²) in [6.07, 6.45) is 0. The highest BCUT2D eigenvalue weighted by atomic mass is 16.3. The molecule has 13 aromatic carbocycles. The van der Waals surface area contributed by atoms with E-state index in [0.29, 0.717) is 0 Å². The molecule has 88 heavy (non-hydrogen) atoms. The number of anilines is 3.